The van der Waals surface area contributed by atoms with Crippen molar-refractivity contribution in [3.63, 3.8) is 0 Å². The van der Waals surface area contributed by atoms with Gasteiger partial charge in [-0.05, 0) is 30.9 Å². The Balaban J connectivity index is 2.37. The molecule has 0 aliphatic heterocycles. The summed E-state index contributed by atoms with van der Waals surface area (Å²) in [5, 5.41) is 3.21. The van der Waals surface area contributed by atoms with Crippen LogP contribution in [0, 0.1) is 0 Å². The minimum Gasteiger partial charge on any atom is -0.385 e. The van der Waals surface area contributed by atoms with Crippen LogP contribution in [0.5, 0.6) is 0 Å². The quantitative estimate of drug-likeness (QED) is 0.629. The molecule has 0 radical (unpaired) electrons. The molecule has 1 N–H and O–H groups in total. The van der Waals surface area contributed by atoms with Crippen molar-refractivity contribution < 1.29 is 8.42 Å². The standard InChI is InChI=1S/C11H17NO2S2/c1-15-11-6-3-5-10(9-11)12-7-4-8-16(2,13)14/h3,5-6,9,12H,4,7-8H2,1-2H3. The van der Waals surface area contributed by atoms with Crippen molar-refractivity contribution >= 4 is 27.3 Å². The molecule has 3 nitrogen and oxygen atoms in total. The Kier molecular flexibility index (Phi) is 5.15. The van der Waals surface area contributed by atoms with Crippen LogP contribution in [0.25, 0.3) is 0 Å². The zero-order chi connectivity index (χ0) is 12.0. The van der Waals surface area contributed by atoms with Gasteiger partial charge in [0.1, 0.15) is 9.84 Å². The molecule has 0 heterocycles. The van der Waals surface area contributed by atoms with Gasteiger partial charge >= 0.3 is 0 Å². The molecule has 0 spiro atoms. The van der Waals surface area contributed by atoms with Crippen molar-refractivity contribution in [1.82, 2.24) is 0 Å². The van der Waals surface area contributed by atoms with E-state index in [1.165, 1.54) is 11.2 Å². The van der Waals surface area contributed by atoms with Gasteiger partial charge in [0.15, 0.2) is 0 Å². The Hall–Kier alpha value is -0.680. The summed E-state index contributed by atoms with van der Waals surface area (Å²) < 4.78 is 21.8. The predicted molar refractivity (Wildman–Crippen MR) is 71.0 cm³/mol. The lowest BCUT2D eigenvalue weighted by Crippen LogP contribution is -2.09. The molecule has 0 unspecified atom stereocenters. The molecule has 1 rings (SSSR count). The summed E-state index contributed by atoms with van der Waals surface area (Å²) >= 11 is 1.69. The van der Waals surface area contributed by atoms with Gasteiger partial charge in [-0.2, -0.15) is 0 Å². The highest BCUT2D eigenvalue weighted by Crippen LogP contribution is 2.18. The lowest BCUT2D eigenvalue weighted by molar-refractivity contribution is 0.600. The lowest BCUT2D eigenvalue weighted by Gasteiger charge is -2.06. The average molecular weight is 259 g/mol. The maximum Gasteiger partial charge on any atom is 0.147 e. The molecule has 0 amide bonds. The van der Waals surface area contributed by atoms with Crippen molar-refractivity contribution in [2.24, 2.45) is 0 Å². The minimum atomic E-state index is -2.84. The van der Waals surface area contributed by atoms with Gasteiger partial charge in [-0.1, -0.05) is 6.07 Å². The Morgan fingerprint density at radius 1 is 1.38 bits per heavy atom. The topological polar surface area (TPSA) is 46.2 Å². The summed E-state index contributed by atoms with van der Waals surface area (Å²) in [4.78, 5) is 1.20. The van der Waals surface area contributed by atoms with E-state index in [9.17, 15) is 8.42 Å². The SMILES string of the molecule is CSc1cccc(NCCCS(C)(=O)=O)c1. The van der Waals surface area contributed by atoms with Gasteiger partial charge in [0.25, 0.3) is 0 Å². The van der Waals surface area contributed by atoms with E-state index in [1.54, 1.807) is 11.8 Å². The van der Waals surface area contributed by atoms with Gasteiger partial charge in [0.2, 0.25) is 0 Å². The summed E-state index contributed by atoms with van der Waals surface area (Å²) in [7, 11) is -2.84. The highest BCUT2D eigenvalue weighted by atomic mass is 32.2. The van der Waals surface area contributed by atoms with Gasteiger partial charge in [-0.3, -0.25) is 0 Å². The fraction of sp³-hybridized carbons (Fsp3) is 0.455. The van der Waals surface area contributed by atoms with E-state index in [0.29, 0.717) is 13.0 Å². The highest BCUT2D eigenvalue weighted by Gasteiger charge is 2.01. The van der Waals surface area contributed by atoms with E-state index in [4.69, 9.17) is 0 Å². The molecule has 0 atom stereocenters. The molecular weight excluding hydrogens is 242 g/mol. The molecule has 0 bridgehead atoms. The van der Waals surface area contributed by atoms with Gasteiger partial charge in [-0.15, -0.1) is 11.8 Å². The third-order valence-corrected chi connectivity index (χ3v) is 3.85. The maximum atomic E-state index is 10.9. The third-order valence-electron chi connectivity index (χ3n) is 2.09. The summed E-state index contributed by atoms with van der Waals surface area (Å²) in [5.74, 6) is 0.238. The van der Waals surface area contributed by atoms with E-state index in [2.05, 4.69) is 11.4 Å². The van der Waals surface area contributed by atoms with Crippen molar-refractivity contribution in [1.29, 1.82) is 0 Å². The number of benzene rings is 1. The van der Waals surface area contributed by atoms with E-state index in [-0.39, 0.29) is 5.75 Å². The Bertz CT molecular complexity index is 429. The first-order chi connectivity index (χ1) is 7.51. The van der Waals surface area contributed by atoms with Gasteiger partial charge in [-0.25, -0.2) is 8.42 Å². The van der Waals surface area contributed by atoms with Crippen LogP contribution < -0.4 is 5.32 Å². The van der Waals surface area contributed by atoms with Crippen LogP contribution in [-0.4, -0.2) is 33.2 Å². The molecule has 1 aromatic carbocycles. The van der Waals surface area contributed by atoms with Crippen LogP contribution in [-0.2, 0) is 9.84 Å². The number of hydrogen-bond acceptors (Lipinski definition) is 4. The van der Waals surface area contributed by atoms with E-state index in [0.717, 1.165) is 5.69 Å². The molecule has 0 aromatic heterocycles. The first-order valence-corrected chi connectivity index (χ1v) is 8.35. The van der Waals surface area contributed by atoms with Crippen LogP contribution in [0.4, 0.5) is 5.69 Å². The van der Waals surface area contributed by atoms with Gasteiger partial charge < -0.3 is 5.32 Å². The first kappa shape index (κ1) is 13.4. The molecule has 0 aliphatic rings. The summed E-state index contributed by atoms with van der Waals surface area (Å²) in [6.45, 7) is 0.685. The van der Waals surface area contributed by atoms with E-state index < -0.39 is 9.84 Å². The van der Waals surface area contributed by atoms with Crippen LogP contribution in [0.2, 0.25) is 0 Å². The predicted octanol–water partition coefficient (Wildman–Crippen LogP) is 2.26. The Morgan fingerprint density at radius 3 is 2.75 bits per heavy atom. The minimum absolute atomic E-state index is 0.238. The van der Waals surface area contributed by atoms with Crippen LogP contribution in [0.3, 0.4) is 0 Å². The second-order valence-corrected chi connectivity index (χ2v) is 6.78. The first-order valence-electron chi connectivity index (χ1n) is 5.07. The Labute approximate surface area is 102 Å². The number of hydrogen-bond donors (Lipinski definition) is 1. The average Bonchev–Trinajstić information content (AvgIpc) is 2.23. The number of nitrogens with one attached hydrogen (secondary N) is 1. The zero-order valence-electron chi connectivity index (χ0n) is 9.56. The number of thioether (sulfide) groups is 1. The van der Waals surface area contributed by atoms with Crippen molar-refractivity contribution in [3.8, 4) is 0 Å². The lowest BCUT2D eigenvalue weighted by atomic mass is 10.3. The molecule has 0 saturated carbocycles. The fourth-order valence-electron chi connectivity index (χ4n) is 1.30. The maximum absolute atomic E-state index is 10.9. The molecule has 0 fully saturated rings. The van der Waals surface area contributed by atoms with Gasteiger partial charge in [0.05, 0.1) is 5.75 Å². The van der Waals surface area contributed by atoms with Crippen molar-refractivity contribution in [2.75, 3.05) is 30.1 Å². The molecule has 0 aliphatic carbocycles. The molecule has 5 heteroatoms. The van der Waals surface area contributed by atoms with Crippen molar-refractivity contribution in [2.45, 2.75) is 11.3 Å². The zero-order valence-corrected chi connectivity index (χ0v) is 11.2. The second kappa shape index (κ2) is 6.15. The van der Waals surface area contributed by atoms with Gasteiger partial charge in [0, 0.05) is 23.4 Å². The summed E-state index contributed by atoms with van der Waals surface area (Å²) in [6, 6.07) is 8.09. The smallest absolute Gasteiger partial charge is 0.147 e. The molecular formula is C11H17NO2S2. The molecule has 90 valence electrons. The number of rotatable bonds is 6. The van der Waals surface area contributed by atoms with E-state index in [1.807, 2.05) is 24.5 Å². The van der Waals surface area contributed by atoms with Crippen LogP contribution in [0.15, 0.2) is 29.2 Å². The summed E-state index contributed by atoms with van der Waals surface area (Å²) in [6.07, 6.45) is 3.94. The second-order valence-electron chi connectivity index (χ2n) is 3.64. The fourth-order valence-corrected chi connectivity index (χ4v) is 2.43. The largest absolute Gasteiger partial charge is 0.385 e. The molecule has 1 aromatic rings. The normalized spacial score (nSPS) is 11.4. The van der Waals surface area contributed by atoms with Crippen LogP contribution in [0.1, 0.15) is 6.42 Å². The Morgan fingerprint density at radius 2 is 2.12 bits per heavy atom. The van der Waals surface area contributed by atoms with Crippen LogP contribution >= 0.6 is 11.8 Å². The summed E-state index contributed by atoms with van der Waals surface area (Å²) in [5.41, 5.74) is 1.04. The van der Waals surface area contributed by atoms with E-state index >= 15 is 0 Å². The molecule has 16 heavy (non-hydrogen) atoms. The van der Waals surface area contributed by atoms with Crippen molar-refractivity contribution in [3.05, 3.63) is 24.3 Å². The number of sulfone groups is 1. The third kappa shape index (κ3) is 5.42. The highest BCUT2D eigenvalue weighted by molar-refractivity contribution is 7.98. The molecule has 0 saturated heterocycles. The monoisotopic (exact) mass is 259 g/mol. The number of anilines is 1.